The Balaban J connectivity index is 1.42. The van der Waals surface area contributed by atoms with E-state index in [2.05, 4.69) is 0 Å². The lowest BCUT2D eigenvalue weighted by Gasteiger charge is -2.28. The van der Waals surface area contributed by atoms with E-state index >= 15 is 0 Å². The smallest absolute Gasteiger partial charge is 0.421 e. The van der Waals surface area contributed by atoms with E-state index in [-0.39, 0.29) is 37.3 Å². The van der Waals surface area contributed by atoms with Gasteiger partial charge in [-0.25, -0.2) is 18.6 Å². The zero-order chi connectivity index (χ0) is 28.9. The Morgan fingerprint density at radius 3 is 1.93 bits per heavy atom. The van der Waals surface area contributed by atoms with Gasteiger partial charge in [0.2, 0.25) is 5.91 Å². The molecule has 2 aromatic carbocycles. The quantitative estimate of drug-likeness (QED) is 0.367. The van der Waals surface area contributed by atoms with Gasteiger partial charge in [-0.1, -0.05) is 43.3 Å². The number of carbonyl (C=O) groups is 4. The van der Waals surface area contributed by atoms with E-state index < -0.39 is 58.4 Å². The first-order valence-electron chi connectivity index (χ1n) is 12.4. The largest absolute Gasteiger partial charge is 0.461 e. The fourth-order valence-corrected chi connectivity index (χ4v) is 5.13. The number of nitrogens with two attached hydrogens (primary N) is 1. The minimum atomic E-state index is -4.81. The molecule has 2 atom stereocenters. The van der Waals surface area contributed by atoms with Crippen LogP contribution < -0.4 is 5.73 Å². The Hall–Kier alpha value is -4.01. The number of urea groups is 1. The van der Waals surface area contributed by atoms with Gasteiger partial charge in [0, 0.05) is 6.54 Å². The van der Waals surface area contributed by atoms with E-state index in [4.69, 9.17) is 23.7 Å². The molecule has 14 heteroatoms. The Kier molecular flexibility index (Phi) is 8.71. The average molecular weight is 576 g/mol. The average Bonchev–Trinajstić information content (AvgIpc) is 3.18. The molecule has 0 aromatic heterocycles. The monoisotopic (exact) mass is 575 g/mol. The van der Waals surface area contributed by atoms with Gasteiger partial charge in [0.15, 0.2) is 0 Å². The molecule has 2 aliphatic rings. The number of piperidine rings is 1. The molecule has 0 aliphatic carbocycles. The third-order valence-electron chi connectivity index (χ3n) is 6.50. The Morgan fingerprint density at radius 1 is 0.900 bits per heavy atom. The number of hydroxylamine groups is 2. The molecule has 2 heterocycles. The number of carbonyl (C=O) groups excluding carboxylic acids is 4. The lowest BCUT2D eigenvalue weighted by molar-refractivity contribution is -0.122. The zero-order valence-corrected chi connectivity index (χ0v) is 22.4. The first kappa shape index (κ1) is 29.0. The highest BCUT2D eigenvalue weighted by Crippen LogP contribution is 2.31. The second kappa shape index (κ2) is 12.0. The van der Waals surface area contributed by atoms with E-state index in [1.165, 1.54) is 6.92 Å². The van der Waals surface area contributed by atoms with Gasteiger partial charge in [-0.05, 0) is 37.1 Å². The number of hydrogen-bond donors (Lipinski definition) is 1. The van der Waals surface area contributed by atoms with Gasteiger partial charge in [0.05, 0.1) is 29.2 Å². The van der Waals surface area contributed by atoms with Gasteiger partial charge in [0.25, 0.3) is 0 Å². The number of ether oxygens (including phenoxy) is 2. The highest BCUT2D eigenvalue weighted by molar-refractivity contribution is 7.81. The third-order valence-corrected chi connectivity index (χ3v) is 7.25. The van der Waals surface area contributed by atoms with Crippen molar-refractivity contribution in [3.8, 4) is 0 Å². The van der Waals surface area contributed by atoms with Crippen LogP contribution in [-0.4, -0.2) is 80.7 Å². The highest BCUT2D eigenvalue weighted by atomic mass is 32.3. The molecule has 2 fully saturated rings. The molecule has 0 saturated carbocycles. The summed E-state index contributed by atoms with van der Waals surface area (Å²) in [5.41, 5.74) is 4.55. The number of esters is 2. The first-order valence-corrected chi connectivity index (χ1v) is 13.7. The minimum absolute atomic E-state index is 0.0740. The number of benzene rings is 2. The summed E-state index contributed by atoms with van der Waals surface area (Å²) in [6.07, 6.45) is 0.568. The van der Waals surface area contributed by atoms with Crippen LogP contribution in [0.1, 0.15) is 40.5 Å². The van der Waals surface area contributed by atoms with Crippen molar-refractivity contribution in [2.24, 2.45) is 11.1 Å². The molecule has 0 spiro atoms. The number of nitrogens with zero attached hydrogens (tertiary/aromatic N) is 2. The molecule has 2 N–H and O–H groups in total. The van der Waals surface area contributed by atoms with Crippen molar-refractivity contribution in [2.75, 3.05) is 26.4 Å². The molecule has 40 heavy (non-hydrogen) atoms. The van der Waals surface area contributed by atoms with Crippen LogP contribution in [0, 0.1) is 5.41 Å². The molecule has 2 aromatic rings. The summed E-state index contributed by atoms with van der Waals surface area (Å²) in [4.78, 5) is 50.5. The molecule has 2 aliphatic heterocycles. The van der Waals surface area contributed by atoms with Crippen molar-refractivity contribution in [3.63, 3.8) is 0 Å². The molecule has 4 rings (SSSR count). The predicted octanol–water partition coefficient (Wildman–Crippen LogP) is 1.65. The highest BCUT2D eigenvalue weighted by Gasteiger charge is 2.49. The molecule has 2 saturated heterocycles. The number of amides is 3. The Bertz CT molecular complexity index is 1300. The third kappa shape index (κ3) is 6.94. The second-order valence-corrected chi connectivity index (χ2v) is 11.1. The van der Waals surface area contributed by atoms with Crippen LogP contribution in [0.15, 0.2) is 60.7 Å². The van der Waals surface area contributed by atoms with Crippen molar-refractivity contribution in [3.05, 3.63) is 71.8 Å². The molecule has 2 bridgehead atoms. The lowest BCUT2D eigenvalue weighted by atomic mass is 9.94. The van der Waals surface area contributed by atoms with Gasteiger partial charge in [-0.2, -0.15) is 13.5 Å². The van der Waals surface area contributed by atoms with Gasteiger partial charge < -0.3 is 20.1 Å². The second-order valence-electron chi connectivity index (χ2n) is 9.85. The molecule has 3 amide bonds. The molecule has 214 valence electrons. The summed E-state index contributed by atoms with van der Waals surface area (Å²) in [6, 6.07) is 14.0. The summed E-state index contributed by atoms with van der Waals surface area (Å²) in [6.45, 7) is 0.190. The van der Waals surface area contributed by atoms with Crippen LogP contribution in [0.25, 0.3) is 0 Å². The fourth-order valence-electron chi connectivity index (χ4n) is 4.28. The summed E-state index contributed by atoms with van der Waals surface area (Å²) in [5, 5.41) is 0.653. The van der Waals surface area contributed by atoms with Crippen LogP contribution >= 0.6 is 0 Å². The molecule has 13 nitrogen and oxygen atoms in total. The number of rotatable bonds is 12. The normalized spacial score (nSPS) is 18.9. The number of primary amides is 1. The summed E-state index contributed by atoms with van der Waals surface area (Å²) < 4.78 is 46.3. The first-order chi connectivity index (χ1) is 19.0. The van der Waals surface area contributed by atoms with Crippen molar-refractivity contribution in [2.45, 2.75) is 31.8 Å². The van der Waals surface area contributed by atoms with E-state index in [1.807, 2.05) is 0 Å². The van der Waals surface area contributed by atoms with Crippen molar-refractivity contribution in [1.29, 1.82) is 0 Å². The van der Waals surface area contributed by atoms with Gasteiger partial charge >= 0.3 is 28.4 Å². The molecule has 0 radical (unpaired) electrons. The Morgan fingerprint density at radius 2 is 1.43 bits per heavy atom. The van der Waals surface area contributed by atoms with Crippen LogP contribution in [0.3, 0.4) is 0 Å². The summed E-state index contributed by atoms with van der Waals surface area (Å²) in [5.74, 6) is -2.04. The van der Waals surface area contributed by atoms with E-state index in [0.29, 0.717) is 11.5 Å². The number of fused-ring (bicyclic) bond motifs is 2. The van der Waals surface area contributed by atoms with Gasteiger partial charge in [0.1, 0.15) is 19.3 Å². The summed E-state index contributed by atoms with van der Waals surface area (Å²) in [7, 11) is -4.81. The maximum atomic E-state index is 12.7. The zero-order valence-electron chi connectivity index (χ0n) is 21.6. The SMILES string of the molecule is CC(COC(=O)c1ccccc1)(COC(=O)c1ccccc1)COS(=O)(=O)ON1C(=O)N2CC1CCC2C(N)=O. The van der Waals surface area contributed by atoms with Gasteiger partial charge in [-0.3, -0.25) is 4.79 Å². The van der Waals surface area contributed by atoms with Gasteiger partial charge in [-0.15, -0.1) is 4.28 Å². The minimum Gasteiger partial charge on any atom is -0.461 e. The van der Waals surface area contributed by atoms with E-state index in [0.717, 1.165) is 4.90 Å². The van der Waals surface area contributed by atoms with E-state index in [9.17, 15) is 27.6 Å². The van der Waals surface area contributed by atoms with Crippen molar-refractivity contribution < 1.29 is 45.5 Å². The molecular formula is C26H29N3O10S. The predicted molar refractivity (Wildman–Crippen MR) is 137 cm³/mol. The molecular weight excluding hydrogens is 546 g/mol. The van der Waals surface area contributed by atoms with Crippen LogP contribution in [0.5, 0.6) is 0 Å². The van der Waals surface area contributed by atoms with Crippen LogP contribution in [-0.2, 0) is 33.1 Å². The summed E-state index contributed by atoms with van der Waals surface area (Å²) >= 11 is 0. The number of hydrogen-bond acceptors (Lipinski definition) is 10. The lowest BCUT2D eigenvalue weighted by Crippen LogP contribution is -2.47. The standard InChI is InChI=1S/C26H29N3O10S/c1-26(15-36-23(31)18-8-4-2-5-9-18,16-37-24(32)19-10-6-3-7-11-19)17-38-40(34,35)39-29-20-12-13-21(22(27)30)28(14-20)25(29)33/h2-11,20-21H,12-17H2,1H3,(H2,27,30). The van der Waals surface area contributed by atoms with Crippen LogP contribution in [0.2, 0.25) is 0 Å². The molecule has 2 unspecified atom stereocenters. The Labute approximate surface area is 231 Å². The van der Waals surface area contributed by atoms with Crippen LogP contribution in [0.4, 0.5) is 4.79 Å². The maximum absolute atomic E-state index is 12.7. The maximum Gasteiger partial charge on any atom is 0.421 e. The van der Waals surface area contributed by atoms with Crippen molar-refractivity contribution >= 4 is 34.3 Å². The van der Waals surface area contributed by atoms with Crippen molar-refractivity contribution in [1.82, 2.24) is 9.96 Å². The van der Waals surface area contributed by atoms with E-state index in [1.54, 1.807) is 60.7 Å². The topological polar surface area (TPSA) is 172 Å². The fraction of sp³-hybridized carbons (Fsp3) is 0.385.